The van der Waals surface area contributed by atoms with Gasteiger partial charge in [-0.05, 0) is 12.1 Å². The van der Waals surface area contributed by atoms with E-state index >= 15 is 0 Å². The van der Waals surface area contributed by atoms with Crippen LogP contribution < -0.4 is 14.8 Å². The molecule has 6 heteroatoms. The second-order valence-corrected chi connectivity index (χ2v) is 4.74. The van der Waals surface area contributed by atoms with Crippen molar-refractivity contribution in [1.82, 2.24) is 4.90 Å². The Balaban J connectivity index is 1.86. The fourth-order valence-electron chi connectivity index (χ4n) is 2.23. The molecule has 0 aromatic heterocycles. The normalized spacial score (nSPS) is 14.7. The van der Waals surface area contributed by atoms with Crippen molar-refractivity contribution in [2.45, 2.75) is 6.42 Å². The molecule has 1 aliphatic heterocycles. The first-order valence-corrected chi connectivity index (χ1v) is 7.06. The van der Waals surface area contributed by atoms with Gasteiger partial charge in [-0.3, -0.25) is 4.79 Å². The lowest BCUT2D eigenvalue weighted by Gasteiger charge is -2.27. The molecule has 0 unspecified atom stereocenters. The molecule has 6 nitrogen and oxygen atoms in total. The molecule has 0 radical (unpaired) electrons. The average molecular weight is 294 g/mol. The van der Waals surface area contributed by atoms with Gasteiger partial charge in [0.15, 0.2) is 0 Å². The van der Waals surface area contributed by atoms with Crippen LogP contribution in [0.4, 0.5) is 5.69 Å². The van der Waals surface area contributed by atoms with Crippen molar-refractivity contribution in [3.05, 3.63) is 18.2 Å². The van der Waals surface area contributed by atoms with E-state index < -0.39 is 0 Å². The van der Waals surface area contributed by atoms with Gasteiger partial charge in [-0.15, -0.1) is 0 Å². The second-order valence-electron chi connectivity index (χ2n) is 4.74. The summed E-state index contributed by atoms with van der Waals surface area (Å²) in [7, 11) is 3.24. The van der Waals surface area contributed by atoms with Crippen molar-refractivity contribution in [1.29, 1.82) is 0 Å². The quantitative estimate of drug-likeness (QED) is 0.858. The van der Waals surface area contributed by atoms with Gasteiger partial charge in [0.1, 0.15) is 11.5 Å². The number of nitrogens with one attached hydrogen (secondary N) is 1. The highest BCUT2D eigenvalue weighted by Gasteiger charge is 2.16. The fourth-order valence-corrected chi connectivity index (χ4v) is 2.23. The largest absolute Gasteiger partial charge is 0.497 e. The van der Waals surface area contributed by atoms with Crippen molar-refractivity contribution in [3.63, 3.8) is 0 Å². The summed E-state index contributed by atoms with van der Waals surface area (Å²) in [6, 6.07) is 5.53. The molecule has 1 aliphatic rings. The molecule has 0 aliphatic carbocycles. The Bertz CT molecular complexity index is 473. The van der Waals surface area contributed by atoms with Crippen molar-refractivity contribution in [2.75, 3.05) is 52.4 Å². The molecule has 0 saturated carbocycles. The van der Waals surface area contributed by atoms with Crippen LogP contribution in [0.3, 0.4) is 0 Å². The number of morpholine rings is 1. The topological polar surface area (TPSA) is 60.0 Å². The Morgan fingerprint density at radius 2 is 2.05 bits per heavy atom. The third-order valence-corrected chi connectivity index (χ3v) is 3.42. The highest BCUT2D eigenvalue weighted by molar-refractivity contribution is 5.77. The first kappa shape index (κ1) is 15.4. The minimum absolute atomic E-state index is 0.146. The Morgan fingerprint density at radius 3 is 2.71 bits per heavy atom. The summed E-state index contributed by atoms with van der Waals surface area (Å²) in [5, 5.41) is 3.23. The number of methoxy groups -OCH3 is 2. The fraction of sp³-hybridized carbons (Fsp3) is 0.533. The van der Waals surface area contributed by atoms with Crippen LogP contribution in [0.25, 0.3) is 0 Å². The Morgan fingerprint density at radius 1 is 1.29 bits per heavy atom. The monoisotopic (exact) mass is 294 g/mol. The summed E-state index contributed by atoms with van der Waals surface area (Å²) < 4.78 is 15.7. The summed E-state index contributed by atoms with van der Waals surface area (Å²) >= 11 is 0. The van der Waals surface area contributed by atoms with Crippen LogP contribution in [0.1, 0.15) is 6.42 Å². The van der Waals surface area contributed by atoms with Crippen LogP contribution in [0.5, 0.6) is 11.5 Å². The summed E-state index contributed by atoms with van der Waals surface area (Å²) in [5.41, 5.74) is 0.826. The van der Waals surface area contributed by atoms with E-state index in [0.29, 0.717) is 39.3 Å². The van der Waals surface area contributed by atoms with Crippen molar-refractivity contribution < 1.29 is 19.0 Å². The Hall–Kier alpha value is -1.95. The van der Waals surface area contributed by atoms with Gasteiger partial charge in [0.25, 0.3) is 0 Å². The van der Waals surface area contributed by atoms with Gasteiger partial charge in [0.05, 0.1) is 33.1 Å². The van der Waals surface area contributed by atoms with Gasteiger partial charge >= 0.3 is 0 Å². The van der Waals surface area contributed by atoms with Crippen LogP contribution in [-0.2, 0) is 9.53 Å². The molecular formula is C15H22N2O4. The number of hydrogen-bond donors (Lipinski definition) is 1. The lowest BCUT2D eigenvalue weighted by Crippen LogP contribution is -2.41. The Kier molecular flexibility index (Phi) is 5.68. The van der Waals surface area contributed by atoms with Crippen LogP contribution in [0.15, 0.2) is 18.2 Å². The predicted molar refractivity (Wildman–Crippen MR) is 80.1 cm³/mol. The van der Waals surface area contributed by atoms with Crippen LogP contribution in [-0.4, -0.2) is 57.9 Å². The molecule has 1 aromatic carbocycles. The maximum absolute atomic E-state index is 12.0. The highest BCUT2D eigenvalue weighted by Crippen LogP contribution is 2.28. The van der Waals surface area contributed by atoms with E-state index in [-0.39, 0.29) is 5.91 Å². The van der Waals surface area contributed by atoms with Crippen LogP contribution >= 0.6 is 0 Å². The van der Waals surface area contributed by atoms with Gasteiger partial charge < -0.3 is 24.4 Å². The van der Waals surface area contributed by atoms with E-state index in [0.717, 1.165) is 17.2 Å². The van der Waals surface area contributed by atoms with Gasteiger partial charge in [0.2, 0.25) is 5.91 Å². The molecule has 0 atom stereocenters. The van der Waals surface area contributed by atoms with Crippen molar-refractivity contribution in [2.24, 2.45) is 0 Å². The maximum atomic E-state index is 12.0. The number of anilines is 1. The molecule has 1 amide bonds. The number of carbonyl (C=O) groups excluding carboxylic acids is 1. The number of carbonyl (C=O) groups is 1. The van der Waals surface area contributed by atoms with Gasteiger partial charge in [-0.1, -0.05) is 0 Å². The maximum Gasteiger partial charge on any atom is 0.224 e. The molecule has 0 spiro atoms. The summed E-state index contributed by atoms with van der Waals surface area (Å²) in [4.78, 5) is 13.9. The number of amides is 1. The number of rotatable bonds is 6. The lowest BCUT2D eigenvalue weighted by atomic mass is 10.2. The molecule has 21 heavy (non-hydrogen) atoms. The molecule has 1 fully saturated rings. The zero-order chi connectivity index (χ0) is 15.1. The van der Waals surface area contributed by atoms with Crippen LogP contribution in [0, 0.1) is 0 Å². The van der Waals surface area contributed by atoms with Gasteiger partial charge in [-0.2, -0.15) is 0 Å². The average Bonchev–Trinajstić information content (AvgIpc) is 2.55. The summed E-state index contributed by atoms with van der Waals surface area (Å²) in [6.45, 7) is 3.17. The number of nitrogens with zero attached hydrogens (tertiary/aromatic N) is 1. The molecule has 1 heterocycles. The predicted octanol–water partition coefficient (Wildman–Crippen LogP) is 1.36. The third-order valence-electron chi connectivity index (χ3n) is 3.42. The first-order valence-electron chi connectivity index (χ1n) is 7.06. The van der Waals surface area contributed by atoms with E-state index in [9.17, 15) is 4.79 Å². The molecule has 1 aromatic rings. The molecule has 0 bridgehead atoms. The van der Waals surface area contributed by atoms with E-state index in [1.807, 2.05) is 23.1 Å². The standard InChI is InChI=1S/C15H22N2O4/c1-19-12-3-4-14(20-2)13(11-12)16-6-5-15(18)17-7-9-21-10-8-17/h3-4,11,16H,5-10H2,1-2H3. The zero-order valence-corrected chi connectivity index (χ0v) is 12.6. The molecule has 1 saturated heterocycles. The minimum atomic E-state index is 0.146. The SMILES string of the molecule is COc1ccc(OC)c(NCCC(=O)N2CCOCC2)c1. The zero-order valence-electron chi connectivity index (χ0n) is 12.6. The molecular weight excluding hydrogens is 272 g/mol. The van der Waals surface area contributed by atoms with E-state index in [1.165, 1.54) is 0 Å². The smallest absolute Gasteiger partial charge is 0.224 e. The van der Waals surface area contributed by atoms with Crippen molar-refractivity contribution >= 4 is 11.6 Å². The van der Waals surface area contributed by atoms with Gasteiger partial charge in [-0.25, -0.2) is 0 Å². The minimum Gasteiger partial charge on any atom is -0.497 e. The van der Waals surface area contributed by atoms with Gasteiger partial charge in [0, 0.05) is 32.1 Å². The highest BCUT2D eigenvalue weighted by atomic mass is 16.5. The number of hydrogen-bond acceptors (Lipinski definition) is 5. The molecule has 116 valence electrons. The summed E-state index contributed by atoms with van der Waals surface area (Å²) in [6.07, 6.45) is 0.445. The second kappa shape index (κ2) is 7.73. The van der Waals surface area contributed by atoms with E-state index in [4.69, 9.17) is 14.2 Å². The molecule has 2 rings (SSSR count). The Labute approximate surface area is 125 Å². The van der Waals surface area contributed by atoms with Crippen LogP contribution in [0.2, 0.25) is 0 Å². The number of benzene rings is 1. The third kappa shape index (κ3) is 4.26. The lowest BCUT2D eigenvalue weighted by molar-refractivity contribution is -0.134. The van der Waals surface area contributed by atoms with E-state index in [2.05, 4.69) is 5.32 Å². The summed E-state index contributed by atoms with van der Waals surface area (Å²) in [5.74, 6) is 1.63. The van der Waals surface area contributed by atoms with E-state index in [1.54, 1.807) is 14.2 Å². The molecule has 1 N–H and O–H groups in total. The van der Waals surface area contributed by atoms with Crippen molar-refractivity contribution in [3.8, 4) is 11.5 Å². The first-order chi connectivity index (χ1) is 10.2. The number of ether oxygens (including phenoxy) is 3.